The molecule has 2 nitrogen and oxygen atoms in total. The van der Waals surface area contributed by atoms with E-state index < -0.39 is 6.10 Å². The Balaban J connectivity index is 1.86. The second-order valence-corrected chi connectivity index (χ2v) is 5.68. The number of benzene rings is 1. The van der Waals surface area contributed by atoms with Gasteiger partial charge < -0.3 is 10.0 Å². The Hall–Kier alpha value is -0.570. The smallest absolute Gasteiger partial charge is 0.0802 e. The van der Waals surface area contributed by atoms with Crippen molar-refractivity contribution in [3.8, 4) is 0 Å². The molecule has 0 bridgehead atoms. The minimum Gasteiger partial charge on any atom is -0.388 e. The fraction of sp³-hybridized carbons (Fsp3) is 0.600. The summed E-state index contributed by atoms with van der Waals surface area (Å²) in [5.74, 6) is 0. The lowest BCUT2D eigenvalue weighted by atomic mass is 10.0. The topological polar surface area (TPSA) is 23.5 Å². The summed E-state index contributed by atoms with van der Waals surface area (Å²) >= 11 is 5.94. The number of aliphatic hydroxyl groups is 1. The average molecular weight is 268 g/mol. The predicted octanol–water partition coefficient (Wildman–Crippen LogP) is 3.64. The van der Waals surface area contributed by atoms with Crippen LogP contribution in [0.3, 0.4) is 0 Å². The van der Waals surface area contributed by atoms with E-state index in [9.17, 15) is 5.11 Å². The van der Waals surface area contributed by atoms with E-state index in [4.69, 9.17) is 11.6 Å². The van der Waals surface area contributed by atoms with Gasteiger partial charge in [-0.2, -0.15) is 0 Å². The van der Waals surface area contributed by atoms with Gasteiger partial charge in [-0.05, 0) is 50.4 Å². The first-order valence-electron chi connectivity index (χ1n) is 6.84. The van der Waals surface area contributed by atoms with Gasteiger partial charge in [-0.1, -0.05) is 30.2 Å². The van der Waals surface area contributed by atoms with E-state index in [0.717, 1.165) is 18.5 Å². The van der Waals surface area contributed by atoms with Gasteiger partial charge in [-0.15, -0.1) is 0 Å². The number of aliphatic hydroxyl groups excluding tert-OH is 1. The van der Waals surface area contributed by atoms with Crippen LogP contribution in [0.2, 0.25) is 5.02 Å². The van der Waals surface area contributed by atoms with Crippen LogP contribution in [0.5, 0.6) is 0 Å². The average Bonchev–Trinajstić information content (AvgIpc) is 2.37. The molecule has 1 aliphatic heterocycles. The molecule has 0 spiro atoms. The molecule has 1 N–H and O–H groups in total. The number of rotatable bonds is 4. The first kappa shape index (κ1) is 13.9. The molecule has 1 aliphatic rings. The quantitative estimate of drug-likeness (QED) is 0.900. The van der Waals surface area contributed by atoms with E-state index in [0.29, 0.717) is 11.1 Å². The number of nitrogens with zero attached hydrogens (tertiary/aromatic N) is 1. The van der Waals surface area contributed by atoms with E-state index in [1.807, 2.05) is 24.3 Å². The molecule has 0 radical (unpaired) electrons. The zero-order valence-corrected chi connectivity index (χ0v) is 11.7. The van der Waals surface area contributed by atoms with Crippen molar-refractivity contribution in [3.63, 3.8) is 0 Å². The molecule has 18 heavy (non-hydrogen) atoms. The van der Waals surface area contributed by atoms with Crippen LogP contribution in [-0.2, 0) is 0 Å². The summed E-state index contributed by atoms with van der Waals surface area (Å²) in [5, 5.41) is 10.9. The van der Waals surface area contributed by atoms with Crippen molar-refractivity contribution in [1.82, 2.24) is 4.90 Å². The predicted molar refractivity (Wildman–Crippen MR) is 75.9 cm³/mol. The van der Waals surface area contributed by atoms with Crippen molar-refractivity contribution in [2.24, 2.45) is 0 Å². The largest absolute Gasteiger partial charge is 0.388 e. The van der Waals surface area contributed by atoms with E-state index in [1.54, 1.807) is 0 Å². The monoisotopic (exact) mass is 267 g/mol. The Labute approximate surface area is 115 Å². The molecule has 1 aromatic rings. The van der Waals surface area contributed by atoms with Gasteiger partial charge in [-0.25, -0.2) is 0 Å². The maximum Gasteiger partial charge on any atom is 0.0802 e. The number of halogens is 1. The van der Waals surface area contributed by atoms with Crippen LogP contribution in [-0.4, -0.2) is 29.1 Å². The minimum atomic E-state index is -0.405. The highest BCUT2D eigenvalue weighted by Gasteiger charge is 2.19. The minimum absolute atomic E-state index is 0.405. The van der Waals surface area contributed by atoms with Gasteiger partial charge in [0, 0.05) is 17.6 Å². The van der Waals surface area contributed by atoms with Crippen LogP contribution < -0.4 is 0 Å². The molecule has 1 aromatic carbocycles. The van der Waals surface area contributed by atoms with Crippen LogP contribution in [0.25, 0.3) is 0 Å². The molecule has 0 saturated carbocycles. The number of hydrogen-bond acceptors (Lipinski definition) is 2. The molecular weight excluding hydrogens is 246 g/mol. The third-order valence-electron chi connectivity index (χ3n) is 3.86. The number of hydrogen-bond donors (Lipinski definition) is 1. The summed E-state index contributed by atoms with van der Waals surface area (Å²) in [6, 6.07) is 8.18. The molecule has 100 valence electrons. The molecule has 1 saturated heterocycles. The Morgan fingerprint density at radius 3 is 3.00 bits per heavy atom. The maximum atomic E-state index is 10.2. The normalized spacial score (nSPS) is 22.9. The lowest BCUT2D eigenvalue weighted by Gasteiger charge is -2.33. The van der Waals surface area contributed by atoms with Gasteiger partial charge >= 0.3 is 0 Å². The Morgan fingerprint density at radius 1 is 1.44 bits per heavy atom. The molecule has 2 rings (SSSR count). The summed E-state index contributed by atoms with van der Waals surface area (Å²) in [6.07, 6.45) is 4.29. The zero-order valence-electron chi connectivity index (χ0n) is 11.0. The van der Waals surface area contributed by atoms with Gasteiger partial charge in [0.1, 0.15) is 0 Å². The van der Waals surface area contributed by atoms with Crippen LogP contribution in [0.4, 0.5) is 0 Å². The first-order chi connectivity index (χ1) is 8.66. The summed E-state index contributed by atoms with van der Waals surface area (Å²) < 4.78 is 0. The van der Waals surface area contributed by atoms with Gasteiger partial charge in [0.05, 0.1) is 6.10 Å². The molecule has 1 fully saturated rings. The van der Waals surface area contributed by atoms with Crippen molar-refractivity contribution in [2.45, 2.75) is 44.8 Å². The molecular formula is C15H22ClNO. The van der Waals surface area contributed by atoms with Crippen molar-refractivity contribution in [2.75, 3.05) is 13.1 Å². The fourth-order valence-electron chi connectivity index (χ4n) is 2.66. The number of likely N-dealkylation sites (tertiary alicyclic amines) is 1. The first-order valence-corrected chi connectivity index (χ1v) is 7.22. The molecule has 0 amide bonds. The number of piperidine rings is 1. The highest BCUT2D eigenvalue weighted by atomic mass is 35.5. The van der Waals surface area contributed by atoms with E-state index in [1.165, 1.54) is 25.8 Å². The lowest BCUT2D eigenvalue weighted by molar-refractivity contribution is 0.109. The van der Waals surface area contributed by atoms with Gasteiger partial charge in [-0.3, -0.25) is 0 Å². The van der Waals surface area contributed by atoms with Crippen LogP contribution in [0, 0.1) is 0 Å². The second-order valence-electron chi connectivity index (χ2n) is 5.24. The molecule has 3 heteroatoms. The van der Waals surface area contributed by atoms with E-state index in [-0.39, 0.29) is 0 Å². The maximum absolute atomic E-state index is 10.2. The third-order valence-corrected chi connectivity index (χ3v) is 4.10. The van der Waals surface area contributed by atoms with Crippen LogP contribution in [0.15, 0.2) is 24.3 Å². The van der Waals surface area contributed by atoms with Crippen molar-refractivity contribution in [3.05, 3.63) is 34.9 Å². The van der Waals surface area contributed by atoms with Gasteiger partial charge in [0.25, 0.3) is 0 Å². The molecule has 0 aliphatic carbocycles. The summed E-state index contributed by atoms with van der Waals surface area (Å²) in [7, 11) is 0. The van der Waals surface area contributed by atoms with Crippen LogP contribution >= 0.6 is 11.6 Å². The molecule has 2 atom stereocenters. The van der Waals surface area contributed by atoms with E-state index >= 15 is 0 Å². The van der Waals surface area contributed by atoms with Crippen molar-refractivity contribution in [1.29, 1.82) is 0 Å². The highest BCUT2D eigenvalue weighted by Crippen LogP contribution is 2.22. The Morgan fingerprint density at radius 2 is 2.28 bits per heavy atom. The highest BCUT2D eigenvalue weighted by molar-refractivity contribution is 6.30. The third kappa shape index (κ3) is 3.71. The summed E-state index contributed by atoms with van der Waals surface area (Å²) in [6.45, 7) is 4.42. The standard InChI is InChI=1S/C15H22ClNO/c1-12-5-2-3-9-17(12)10-8-15(18)13-6-4-7-14(16)11-13/h4,6-7,11-12,15,18H,2-3,5,8-10H2,1H3. The fourth-order valence-corrected chi connectivity index (χ4v) is 2.86. The van der Waals surface area contributed by atoms with E-state index in [2.05, 4.69) is 11.8 Å². The second kappa shape index (κ2) is 6.55. The molecule has 2 unspecified atom stereocenters. The Kier molecular flexibility index (Phi) is 5.04. The zero-order chi connectivity index (χ0) is 13.0. The lowest BCUT2D eigenvalue weighted by Crippen LogP contribution is -2.38. The van der Waals surface area contributed by atoms with Crippen molar-refractivity contribution < 1.29 is 5.11 Å². The van der Waals surface area contributed by atoms with Gasteiger partial charge in [0.2, 0.25) is 0 Å². The summed E-state index contributed by atoms with van der Waals surface area (Å²) in [4.78, 5) is 2.48. The van der Waals surface area contributed by atoms with Crippen LogP contribution in [0.1, 0.15) is 44.3 Å². The SMILES string of the molecule is CC1CCCCN1CCC(O)c1cccc(Cl)c1. The van der Waals surface area contributed by atoms with Crippen molar-refractivity contribution >= 4 is 11.6 Å². The van der Waals surface area contributed by atoms with Gasteiger partial charge in [0.15, 0.2) is 0 Å². The Bertz CT molecular complexity index is 383. The molecule has 1 heterocycles. The molecule has 0 aromatic heterocycles. The summed E-state index contributed by atoms with van der Waals surface area (Å²) in [5.41, 5.74) is 0.923.